The molecule has 1 atom stereocenters. The van der Waals surface area contributed by atoms with E-state index in [4.69, 9.17) is 9.47 Å². The minimum absolute atomic E-state index is 0.00462. The van der Waals surface area contributed by atoms with Gasteiger partial charge in [-0.25, -0.2) is 0 Å². The molecular formula is C17H17NO7. The number of ether oxygens (including phenoxy) is 2. The van der Waals surface area contributed by atoms with E-state index in [9.17, 15) is 25.1 Å². The van der Waals surface area contributed by atoms with Gasteiger partial charge in [-0.1, -0.05) is 12.1 Å². The summed E-state index contributed by atoms with van der Waals surface area (Å²) in [5.41, 5.74) is 0.389. The summed E-state index contributed by atoms with van der Waals surface area (Å²) in [7, 11) is 2.75. The molecule has 1 unspecified atom stereocenters. The Morgan fingerprint density at radius 1 is 1.16 bits per heavy atom. The molecule has 0 aliphatic carbocycles. The smallest absolute Gasteiger partial charge is 0.311 e. The molecule has 0 heterocycles. The second-order valence-electron chi connectivity index (χ2n) is 5.28. The zero-order chi connectivity index (χ0) is 18.6. The molecular weight excluding hydrogens is 330 g/mol. The van der Waals surface area contributed by atoms with E-state index in [2.05, 4.69) is 0 Å². The van der Waals surface area contributed by atoms with Crippen LogP contribution < -0.4 is 9.47 Å². The summed E-state index contributed by atoms with van der Waals surface area (Å²) in [6.07, 6.45) is -0.114. The zero-order valence-electron chi connectivity index (χ0n) is 13.6. The Kier molecular flexibility index (Phi) is 5.43. The number of carboxylic acid groups (broad SMARTS) is 1. The standard InChI is InChI=1S/C17H17NO7/c1-24-15-8-11(14(18(22)23)9-16(15)25-2)7-13(17(20)21)10-3-5-12(19)6-4-10/h3-6,8-9,13,19H,7H2,1-2H3,(H,20,21). The molecule has 0 bridgehead atoms. The number of hydrogen-bond acceptors (Lipinski definition) is 6. The number of benzene rings is 2. The average Bonchev–Trinajstić information content (AvgIpc) is 2.59. The van der Waals surface area contributed by atoms with Crippen molar-refractivity contribution < 1.29 is 29.4 Å². The molecule has 132 valence electrons. The number of nitro benzene ring substituents is 1. The highest BCUT2D eigenvalue weighted by molar-refractivity contribution is 5.77. The Labute approximate surface area is 143 Å². The lowest BCUT2D eigenvalue weighted by molar-refractivity contribution is -0.385. The number of nitro groups is 1. The van der Waals surface area contributed by atoms with E-state index in [1.807, 2.05) is 0 Å². The van der Waals surface area contributed by atoms with Gasteiger partial charge < -0.3 is 19.7 Å². The molecule has 2 aromatic rings. The number of aliphatic carboxylic acids is 1. The van der Waals surface area contributed by atoms with Crippen LogP contribution in [0.1, 0.15) is 17.0 Å². The Morgan fingerprint density at radius 3 is 2.20 bits per heavy atom. The molecule has 8 nitrogen and oxygen atoms in total. The van der Waals surface area contributed by atoms with Gasteiger partial charge in [0.15, 0.2) is 11.5 Å². The van der Waals surface area contributed by atoms with Crippen LogP contribution in [-0.2, 0) is 11.2 Å². The quantitative estimate of drug-likeness (QED) is 0.584. The largest absolute Gasteiger partial charge is 0.508 e. The lowest BCUT2D eigenvalue weighted by Crippen LogP contribution is -2.15. The van der Waals surface area contributed by atoms with Crippen molar-refractivity contribution in [3.05, 3.63) is 57.6 Å². The lowest BCUT2D eigenvalue weighted by Gasteiger charge is -2.15. The van der Waals surface area contributed by atoms with E-state index in [1.165, 1.54) is 50.6 Å². The first-order valence-electron chi connectivity index (χ1n) is 7.28. The van der Waals surface area contributed by atoms with Crippen LogP contribution in [0.15, 0.2) is 36.4 Å². The number of phenolic OH excluding ortho intramolecular Hbond substituents is 1. The normalized spacial score (nSPS) is 11.6. The number of carbonyl (C=O) groups is 1. The summed E-state index contributed by atoms with van der Waals surface area (Å²) >= 11 is 0. The Balaban J connectivity index is 2.49. The first-order chi connectivity index (χ1) is 11.9. The van der Waals surface area contributed by atoms with Crippen molar-refractivity contribution in [3.8, 4) is 17.2 Å². The third-order valence-electron chi connectivity index (χ3n) is 3.80. The van der Waals surface area contributed by atoms with Crippen LogP contribution in [0.2, 0.25) is 0 Å². The monoisotopic (exact) mass is 347 g/mol. The molecule has 0 fully saturated rings. The van der Waals surface area contributed by atoms with Crippen molar-refractivity contribution >= 4 is 11.7 Å². The van der Waals surface area contributed by atoms with Crippen LogP contribution >= 0.6 is 0 Å². The minimum Gasteiger partial charge on any atom is -0.508 e. The van der Waals surface area contributed by atoms with E-state index in [-0.39, 0.29) is 34.9 Å². The number of methoxy groups -OCH3 is 2. The third-order valence-corrected chi connectivity index (χ3v) is 3.80. The number of carboxylic acids is 1. The highest BCUT2D eigenvalue weighted by atomic mass is 16.6. The van der Waals surface area contributed by atoms with Crippen molar-refractivity contribution in [3.63, 3.8) is 0 Å². The second kappa shape index (κ2) is 7.52. The molecule has 2 rings (SSSR count). The average molecular weight is 347 g/mol. The van der Waals surface area contributed by atoms with Gasteiger partial charge >= 0.3 is 5.97 Å². The summed E-state index contributed by atoms with van der Waals surface area (Å²) in [5, 5.41) is 30.2. The maximum atomic E-state index is 11.7. The predicted molar refractivity (Wildman–Crippen MR) is 88.4 cm³/mol. The Bertz CT molecular complexity index is 786. The molecule has 0 aliphatic heterocycles. The highest BCUT2D eigenvalue weighted by Gasteiger charge is 2.27. The van der Waals surface area contributed by atoms with Gasteiger partial charge in [-0.3, -0.25) is 14.9 Å². The molecule has 0 saturated carbocycles. The fourth-order valence-electron chi connectivity index (χ4n) is 2.52. The van der Waals surface area contributed by atoms with Crippen molar-refractivity contribution in [2.24, 2.45) is 0 Å². The van der Waals surface area contributed by atoms with E-state index < -0.39 is 16.8 Å². The first-order valence-corrected chi connectivity index (χ1v) is 7.28. The Morgan fingerprint density at radius 2 is 1.72 bits per heavy atom. The van der Waals surface area contributed by atoms with Gasteiger partial charge in [0.1, 0.15) is 5.75 Å². The summed E-state index contributed by atoms with van der Waals surface area (Å²) in [6, 6.07) is 8.31. The van der Waals surface area contributed by atoms with Gasteiger partial charge in [-0.15, -0.1) is 0 Å². The van der Waals surface area contributed by atoms with E-state index >= 15 is 0 Å². The van der Waals surface area contributed by atoms with Crippen LogP contribution in [0.3, 0.4) is 0 Å². The molecule has 0 saturated heterocycles. The van der Waals surface area contributed by atoms with Crippen molar-refractivity contribution in [2.45, 2.75) is 12.3 Å². The molecule has 2 N–H and O–H groups in total. The third kappa shape index (κ3) is 3.97. The van der Waals surface area contributed by atoms with Crippen LogP contribution in [0, 0.1) is 10.1 Å². The summed E-state index contributed by atoms with van der Waals surface area (Å²) in [5.74, 6) is -1.68. The van der Waals surface area contributed by atoms with Gasteiger partial charge in [0.2, 0.25) is 0 Å². The van der Waals surface area contributed by atoms with Crippen molar-refractivity contribution in [2.75, 3.05) is 14.2 Å². The fraction of sp³-hybridized carbons (Fsp3) is 0.235. The molecule has 0 amide bonds. The molecule has 2 aromatic carbocycles. The van der Waals surface area contributed by atoms with Gasteiger partial charge in [-0.05, 0) is 30.2 Å². The maximum absolute atomic E-state index is 11.7. The SMILES string of the molecule is COc1cc(CC(C(=O)O)c2ccc(O)cc2)c([N+](=O)[O-])cc1OC. The Hall–Kier alpha value is -3.29. The van der Waals surface area contributed by atoms with Crippen molar-refractivity contribution in [1.82, 2.24) is 0 Å². The number of hydrogen-bond donors (Lipinski definition) is 2. The van der Waals surface area contributed by atoms with Crippen LogP contribution in [-0.4, -0.2) is 35.3 Å². The van der Waals surface area contributed by atoms with E-state index in [1.54, 1.807) is 0 Å². The molecule has 0 spiro atoms. The fourth-order valence-corrected chi connectivity index (χ4v) is 2.52. The molecule has 8 heteroatoms. The van der Waals surface area contributed by atoms with Crippen LogP contribution in [0.25, 0.3) is 0 Å². The number of phenols is 1. The summed E-state index contributed by atoms with van der Waals surface area (Å²) < 4.78 is 10.2. The van der Waals surface area contributed by atoms with E-state index in [0.717, 1.165) is 0 Å². The maximum Gasteiger partial charge on any atom is 0.311 e. The number of nitrogens with zero attached hydrogens (tertiary/aromatic N) is 1. The molecule has 0 radical (unpaired) electrons. The molecule has 25 heavy (non-hydrogen) atoms. The van der Waals surface area contributed by atoms with Gasteiger partial charge in [0.05, 0.1) is 31.1 Å². The summed E-state index contributed by atoms with van der Waals surface area (Å²) in [4.78, 5) is 22.4. The zero-order valence-corrected chi connectivity index (χ0v) is 13.6. The van der Waals surface area contributed by atoms with Crippen LogP contribution in [0.4, 0.5) is 5.69 Å². The van der Waals surface area contributed by atoms with E-state index in [0.29, 0.717) is 5.56 Å². The first kappa shape index (κ1) is 18.1. The lowest BCUT2D eigenvalue weighted by atomic mass is 9.91. The van der Waals surface area contributed by atoms with Gasteiger partial charge in [-0.2, -0.15) is 0 Å². The molecule has 0 aliphatic rings. The molecule has 0 aromatic heterocycles. The van der Waals surface area contributed by atoms with Gasteiger partial charge in [0.25, 0.3) is 5.69 Å². The predicted octanol–water partition coefficient (Wildman–Crippen LogP) is 2.73. The van der Waals surface area contributed by atoms with Gasteiger partial charge in [0, 0.05) is 5.56 Å². The minimum atomic E-state index is -1.13. The number of aromatic hydroxyl groups is 1. The van der Waals surface area contributed by atoms with Crippen molar-refractivity contribution in [1.29, 1.82) is 0 Å². The number of rotatable bonds is 7. The topological polar surface area (TPSA) is 119 Å². The summed E-state index contributed by atoms with van der Waals surface area (Å²) in [6.45, 7) is 0. The van der Waals surface area contributed by atoms with Crippen LogP contribution in [0.5, 0.6) is 17.2 Å². The highest BCUT2D eigenvalue weighted by Crippen LogP contribution is 2.37. The second-order valence-corrected chi connectivity index (χ2v) is 5.28.